The highest BCUT2D eigenvalue weighted by atomic mass is 16.1. The van der Waals surface area contributed by atoms with Gasteiger partial charge in [0, 0.05) is 11.1 Å². The highest BCUT2D eigenvalue weighted by Crippen LogP contribution is 2.19. The third-order valence-corrected chi connectivity index (χ3v) is 2.15. The number of benzene rings is 1. The minimum atomic E-state index is -0.556. The number of nitrogens with two attached hydrogens (primary N) is 1. The molecule has 3 N–H and O–H groups in total. The van der Waals surface area contributed by atoms with Crippen molar-refractivity contribution in [2.45, 2.75) is 0 Å². The molecule has 0 saturated carbocycles. The molecule has 78 valence electrons. The molecule has 1 heterocycles. The summed E-state index contributed by atoms with van der Waals surface area (Å²) in [5.74, 6) is -0.556. The standard InChI is InChI=1S/C11H8N4O/c12-6-14-11(16)10-5-8(13)7-3-1-2-4-9(7)15-10/h1-5H,(H2,13,15)(H,14,16). The Kier molecular flexibility index (Phi) is 2.40. The zero-order valence-electron chi connectivity index (χ0n) is 8.27. The van der Waals surface area contributed by atoms with Gasteiger partial charge in [0.05, 0.1) is 5.52 Å². The summed E-state index contributed by atoms with van der Waals surface area (Å²) >= 11 is 0. The van der Waals surface area contributed by atoms with Gasteiger partial charge >= 0.3 is 0 Å². The number of anilines is 1. The van der Waals surface area contributed by atoms with Crippen LogP contribution in [0, 0.1) is 11.5 Å². The number of nitriles is 1. The van der Waals surface area contributed by atoms with Gasteiger partial charge in [0.15, 0.2) is 6.19 Å². The van der Waals surface area contributed by atoms with Gasteiger partial charge in [0.1, 0.15) is 5.69 Å². The first-order valence-corrected chi connectivity index (χ1v) is 4.57. The lowest BCUT2D eigenvalue weighted by atomic mass is 10.1. The molecule has 0 aliphatic rings. The van der Waals surface area contributed by atoms with Crippen LogP contribution in [0.15, 0.2) is 30.3 Å². The van der Waals surface area contributed by atoms with Gasteiger partial charge in [-0.1, -0.05) is 18.2 Å². The van der Waals surface area contributed by atoms with Crippen molar-refractivity contribution in [3.63, 3.8) is 0 Å². The van der Waals surface area contributed by atoms with Crippen molar-refractivity contribution in [1.82, 2.24) is 10.3 Å². The smallest absolute Gasteiger partial charge is 0.282 e. The van der Waals surface area contributed by atoms with Crippen LogP contribution in [0.4, 0.5) is 5.69 Å². The van der Waals surface area contributed by atoms with Crippen molar-refractivity contribution < 1.29 is 4.79 Å². The minimum absolute atomic E-state index is 0.137. The highest BCUT2D eigenvalue weighted by molar-refractivity contribution is 5.99. The molecule has 0 aliphatic heterocycles. The Morgan fingerprint density at radius 1 is 1.44 bits per heavy atom. The van der Waals surface area contributed by atoms with Crippen LogP contribution in [0.2, 0.25) is 0 Å². The molecule has 1 aromatic heterocycles. The quantitative estimate of drug-likeness (QED) is 0.545. The molecule has 5 heteroatoms. The predicted molar refractivity (Wildman–Crippen MR) is 59.2 cm³/mol. The normalized spacial score (nSPS) is 9.69. The number of pyridine rings is 1. The van der Waals surface area contributed by atoms with Crippen molar-refractivity contribution in [3.8, 4) is 6.19 Å². The lowest BCUT2D eigenvalue weighted by Gasteiger charge is -2.03. The van der Waals surface area contributed by atoms with Crippen molar-refractivity contribution in [2.24, 2.45) is 0 Å². The van der Waals surface area contributed by atoms with Gasteiger partial charge in [-0.25, -0.2) is 4.98 Å². The molecular formula is C11H8N4O. The molecule has 16 heavy (non-hydrogen) atoms. The number of carbonyl (C=O) groups is 1. The van der Waals surface area contributed by atoms with Gasteiger partial charge in [-0.2, -0.15) is 5.26 Å². The van der Waals surface area contributed by atoms with Gasteiger partial charge < -0.3 is 5.73 Å². The Balaban J connectivity index is 2.59. The Hall–Kier alpha value is -2.61. The summed E-state index contributed by atoms with van der Waals surface area (Å²) in [6.07, 6.45) is 1.55. The topological polar surface area (TPSA) is 91.8 Å². The summed E-state index contributed by atoms with van der Waals surface area (Å²) in [7, 11) is 0. The lowest BCUT2D eigenvalue weighted by molar-refractivity contribution is 0.0968. The van der Waals surface area contributed by atoms with Crippen LogP contribution in [0.5, 0.6) is 0 Å². The summed E-state index contributed by atoms with van der Waals surface area (Å²) in [5, 5.41) is 11.1. The molecule has 0 fully saturated rings. The lowest BCUT2D eigenvalue weighted by Crippen LogP contribution is -2.19. The van der Waals surface area contributed by atoms with E-state index in [4.69, 9.17) is 11.0 Å². The number of nitrogens with zero attached hydrogens (tertiary/aromatic N) is 2. The summed E-state index contributed by atoms with van der Waals surface area (Å²) < 4.78 is 0. The molecule has 1 aromatic carbocycles. The Morgan fingerprint density at radius 2 is 2.19 bits per heavy atom. The number of para-hydroxylation sites is 1. The van der Waals surface area contributed by atoms with E-state index in [0.29, 0.717) is 11.2 Å². The molecule has 0 bridgehead atoms. The third-order valence-electron chi connectivity index (χ3n) is 2.15. The second-order valence-electron chi connectivity index (χ2n) is 3.18. The third kappa shape index (κ3) is 1.64. The van der Waals surface area contributed by atoms with E-state index < -0.39 is 5.91 Å². The van der Waals surface area contributed by atoms with Gasteiger partial charge in [0.2, 0.25) is 0 Å². The summed E-state index contributed by atoms with van der Waals surface area (Å²) in [6, 6.07) is 8.68. The molecule has 0 radical (unpaired) electrons. The molecular weight excluding hydrogens is 204 g/mol. The largest absolute Gasteiger partial charge is 0.398 e. The van der Waals surface area contributed by atoms with Gasteiger partial charge in [-0.3, -0.25) is 10.1 Å². The van der Waals surface area contributed by atoms with E-state index in [0.717, 1.165) is 5.39 Å². The number of hydrogen-bond donors (Lipinski definition) is 2. The van der Waals surface area contributed by atoms with Crippen LogP contribution in [0.3, 0.4) is 0 Å². The molecule has 2 rings (SSSR count). The predicted octanol–water partition coefficient (Wildman–Crippen LogP) is 1.03. The van der Waals surface area contributed by atoms with Crippen molar-refractivity contribution in [1.29, 1.82) is 5.26 Å². The molecule has 5 nitrogen and oxygen atoms in total. The monoisotopic (exact) mass is 212 g/mol. The number of rotatable bonds is 1. The first-order chi connectivity index (χ1) is 7.72. The van der Waals surface area contributed by atoms with Crippen molar-refractivity contribution >= 4 is 22.5 Å². The highest BCUT2D eigenvalue weighted by Gasteiger charge is 2.09. The number of nitrogen functional groups attached to an aromatic ring is 1. The molecule has 0 atom stereocenters. The zero-order chi connectivity index (χ0) is 11.5. The fourth-order valence-corrected chi connectivity index (χ4v) is 1.43. The molecule has 1 amide bonds. The second-order valence-corrected chi connectivity index (χ2v) is 3.18. The summed E-state index contributed by atoms with van der Waals surface area (Å²) in [6.45, 7) is 0. The van der Waals surface area contributed by atoms with Crippen LogP contribution in [-0.2, 0) is 0 Å². The number of aromatic nitrogens is 1. The molecule has 2 aromatic rings. The summed E-state index contributed by atoms with van der Waals surface area (Å²) in [5.41, 5.74) is 7.02. The number of fused-ring (bicyclic) bond motifs is 1. The van der Waals surface area contributed by atoms with E-state index in [1.165, 1.54) is 6.07 Å². The number of nitrogens with one attached hydrogen (secondary N) is 1. The molecule has 0 aliphatic carbocycles. The maximum atomic E-state index is 11.4. The second kappa shape index (κ2) is 3.87. The van der Waals surface area contributed by atoms with Crippen LogP contribution < -0.4 is 11.1 Å². The fraction of sp³-hybridized carbons (Fsp3) is 0. The van der Waals surface area contributed by atoms with E-state index in [1.807, 2.05) is 17.4 Å². The van der Waals surface area contributed by atoms with Crippen LogP contribution >= 0.6 is 0 Å². The van der Waals surface area contributed by atoms with Crippen molar-refractivity contribution in [2.75, 3.05) is 5.73 Å². The molecule has 0 spiro atoms. The van der Waals surface area contributed by atoms with Gasteiger partial charge in [-0.05, 0) is 12.1 Å². The van der Waals surface area contributed by atoms with E-state index in [9.17, 15) is 4.79 Å². The molecule has 0 unspecified atom stereocenters. The van der Waals surface area contributed by atoms with Crippen molar-refractivity contribution in [3.05, 3.63) is 36.0 Å². The van der Waals surface area contributed by atoms with E-state index in [-0.39, 0.29) is 5.69 Å². The fourth-order valence-electron chi connectivity index (χ4n) is 1.43. The van der Waals surface area contributed by atoms with Crippen LogP contribution in [0.25, 0.3) is 10.9 Å². The Morgan fingerprint density at radius 3 is 2.94 bits per heavy atom. The Labute approximate surface area is 91.5 Å². The number of hydrogen-bond acceptors (Lipinski definition) is 4. The zero-order valence-corrected chi connectivity index (χ0v) is 8.27. The van der Waals surface area contributed by atoms with E-state index in [2.05, 4.69) is 4.98 Å². The van der Waals surface area contributed by atoms with E-state index in [1.54, 1.807) is 18.3 Å². The maximum absolute atomic E-state index is 11.4. The molecule has 0 saturated heterocycles. The number of amides is 1. The summed E-state index contributed by atoms with van der Waals surface area (Å²) in [4.78, 5) is 15.5. The SMILES string of the molecule is N#CNC(=O)c1cc(N)c2ccccc2n1. The first-order valence-electron chi connectivity index (χ1n) is 4.57. The maximum Gasteiger partial charge on any atom is 0.282 e. The Bertz CT molecular complexity index is 600. The first kappa shape index (κ1) is 9.93. The average Bonchev–Trinajstić information content (AvgIpc) is 2.29. The van der Waals surface area contributed by atoms with Crippen LogP contribution in [0.1, 0.15) is 10.5 Å². The minimum Gasteiger partial charge on any atom is -0.398 e. The van der Waals surface area contributed by atoms with Gasteiger partial charge in [-0.15, -0.1) is 0 Å². The number of carbonyl (C=O) groups excluding carboxylic acids is 1. The average molecular weight is 212 g/mol. The van der Waals surface area contributed by atoms with Gasteiger partial charge in [0.25, 0.3) is 5.91 Å². The van der Waals surface area contributed by atoms with Crippen LogP contribution in [-0.4, -0.2) is 10.9 Å². The van der Waals surface area contributed by atoms with E-state index >= 15 is 0 Å².